The van der Waals surface area contributed by atoms with Gasteiger partial charge in [0, 0.05) is 39.9 Å². The average Bonchev–Trinajstić information content (AvgIpc) is 0.722. The van der Waals surface area contributed by atoms with Gasteiger partial charge in [0.15, 0.2) is 0 Å². The van der Waals surface area contributed by atoms with Crippen LogP contribution in [0.2, 0.25) is 0 Å². The van der Waals surface area contributed by atoms with Crippen LogP contribution in [0.15, 0.2) is 0 Å². The summed E-state index contributed by atoms with van der Waals surface area (Å²) in [6.45, 7) is 0. The Bertz CT molecular complexity index is 102. The van der Waals surface area contributed by atoms with E-state index in [1.54, 1.807) is 0 Å². The summed E-state index contributed by atoms with van der Waals surface area (Å²) in [5.74, 6) is 0. The van der Waals surface area contributed by atoms with Gasteiger partial charge in [-0.1, -0.05) is 0 Å². The molecule has 0 rings (SSSR count). The van der Waals surface area contributed by atoms with Crippen LogP contribution in [-0.4, -0.2) is 31.4 Å². The monoisotopic (exact) mass is 302 g/mol. The van der Waals surface area contributed by atoms with E-state index in [1.807, 2.05) is 0 Å². The van der Waals surface area contributed by atoms with Crippen LogP contribution in [0.5, 0.6) is 0 Å². The van der Waals surface area contributed by atoms with Crippen molar-refractivity contribution in [3.05, 3.63) is 0 Å². The van der Waals surface area contributed by atoms with Crippen molar-refractivity contribution in [2.75, 3.05) is 0 Å². The summed E-state index contributed by atoms with van der Waals surface area (Å²) in [6, 6.07) is 0. The molecule has 4 nitrogen and oxygen atoms in total. The summed E-state index contributed by atoms with van der Waals surface area (Å²) < 4.78 is 31.9. The van der Waals surface area contributed by atoms with Crippen molar-refractivity contribution in [3.63, 3.8) is 0 Å². The second-order valence-corrected chi connectivity index (χ2v) is 1.85. The third kappa shape index (κ3) is 66.9. The van der Waals surface area contributed by atoms with Crippen LogP contribution in [0, 0.1) is 39.9 Å². The first-order valence-electron chi connectivity index (χ1n) is 0.698. The van der Waals surface area contributed by atoms with Crippen molar-refractivity contribution in [2.45, 2.75) is 0 Å². The second-order valence-electron chi connectivity index (χ2n) is 0.448. The maximum atomic E-state index is 8.82. The molecule has 0 atom stereocenters. The van der Waals surface area contributed by atoms with Crippen molar-refractivity contribution in [1.29, 1.82) is 0 Å². The zero-order valence-corrected chi connectivity index (χ0v) is 8.14. The molecule has 0 aliphatic carbocycles. The van der Waals surface area contributed by atoms with Crippen molar-refractivity contribution in [3.8, 4) is 0 Å². The van der Waals surface area contributed by atoms with Crippen molar-refractivity contribution < 1.29 is 72.3 Å². The molecule has 44 valence electrons. The van der Waals surface area contributed by atoms with E-state index in [1.165, 1.54) is 0 Å². The van der Waals surface area contributed by atoms with E-state index in [2.05, 4.69) is 0 Å². The first-order valence-corrected chi connectivity index (χ1v) is 2.88. The van der Waals surface area contributed by atoms with Crippen LogP contribution in [0.4, 0.5) is 0 Å². The molecule has 0 bridgehead atoms. The Kier molecular flexibility index (Phi) is 14.4. The maximum absolute atomic E-state index is 8.82. The summed E-state index contributed by atoms with van der Waals surface area (Å²) in [5.41, 5.74) is 0. The van der Waals surface area contributed by atoms with E-state index >= 15 is 0 Å². The molecule has 0 aliphatic rings. The van der Waals surface area contributed by atoms with Gasteiger partial charge in [0.1, 0.15) is 0 Å². The molecular weight excluding hydrogens is 298 g/mol. The molecule has 0 aliphatic heterocycles. The van der Waals surface area contributed by atoms with Gasteiger partial charge in [-0.2, -0.15) is 0 Å². The Morgan fingerprint density at radius 1 is 1.29 bits per heavy atom. The molecule has 0 aromatic heterocycles. The van der Waals surface area contributed by atoms with Gasteiger partial charge < -0.3 is 2.85 Å². The first kappa shape index (κ1) is 16.1. The van der Waals surface area contributed by atoms with Gasteiger partial charge in [-0.05, 0) is 0 Å². The van der Waals surface area contributed by atoms with E-state index in [0.29, 0.717) is 0 Å². The molecule has 0 aromatic carbocycles. The van der Waals surface area contributed by atoms with Gasteiger partial charge >= 0.3 is 52.6 Å². The Morgan fingerprint density at radius 3 is 1.29 bits per heavy atom. The topological polar surface area (TPSA) is 74.6 Å². The van der Waals surface area contributed by atoms with Crippen molar-refractivity contribution in [2.24, 2.45) is 0 Å². The molecule has 0 heterocycles. The zero-order valence-electron chi connectivity index (χ0n) is 5.18. The fraction of sp³-hybridized carbons (Fsp3) is 0. The molecule has 0 unspecified atom stereocenters. The third-order valence-electron chi connectivity index (χ3n) is 0. The number of hydrogen-bond acceptors (Lipinski definition) is 2. The van der Waals surface area contributed by atoms with Gasteiger partial charge in [0.25, 0.3) is 0 Å². The number of rotatable bonds is 0. The predicted octanol–water partition coefficient (Wildman–Crippen LogP) is -1.51. The Labute approximate surface area is 93.9 Å². The zero-order chi connectivity index (χ0) is 4.50. The van der Waals surface area contributed by atoms with Gasteiger partial charge in [-0.25, -0.2) is 0 Å². The molecule has 0 saturated carbocycles. The van der Waals surface area contributed by atoms with Crippen LogP contribution in [0.1, 0.15) is 2.85 Å². The van der Waals surface area contributed by atoms with Crippen LogP contribution in [0.25, 0.3) is 0 Å². The molecule has 0 spiro atoms. The van der Waals surface area contributed by atoms with E-state index in [4.69, 9.17) is 15.9 Å². The van der Waals surface area contributed by atoms with E-state index in [9.17, 15) is 0 Å². The molecular formula is H4CrGdMgO4. The molecule has 0 saturated heterocycles. The second kappa shape index (κ2) is 6.27. The summed E-state index contributed by atoms with van der Waals surface area (Å²) >= 11 is -5.25. The van der Waals surface area contributed by atoms with E-state index in [-0.39, 0.29) is 65.8 Å². The molecule has 0 aromatic rings. The molecule has 0 amide bonds. The Balaban J connectivity index is -0.0000000133. The summed E-state index contributed by atoms with van der Waals surface area (Å²) in [6.07, 6.45) is 0. The predicted molar refractivity (Wildman–Crippen MR) is 13.8 cm³/mol. The van der Waals surface area contributed by atoms with Crippen molar-refractivity contribution >= 4 is 23.1 Å². The van der Waals surface area contributed by atoms with Crippen molar-refractivity contribution in [1.82, 2.24) is 0 Å². The van der Waals surface area contributed by atoms with Crippen LogP contribution >= 0.6 is 0 Å². The quantitative estimate of drug-likeness (QED) is 0.534. The van der Waals surface area contributed by atoms with E-state index in [0.717, 1.165) is 0 Å². The summed E-state index contributed by atoms with van der Waals surface area (Å²) in [7, 11) is 0. The molecule has 0 radical (unpaired) electrons. The van der Waals surface area contributed by atoms with Gasteiger partial charge in [-0.3, -0.25) is 0 Å². The normalized spacial score (nSPS) is 8.29. The average molecular weight is 302 g/mol. The third-order valence-corrected chi connectivity index (χ3v) is 0. The van der Waals surface area contributed by atoms with Gasteiger partial charge in [-0.15, -0.1) is 0 Å². The van der Waals surface area contributed by atoms with Crippen LogP contribution in [0.3, 0.4) is 0 Å². The molecule has 7 heteroatoms. The SMILES string of the molecule is [Gd].[H-].[H-].[Mg+2].[O]=[Cr](=[O])([OH])[OH]. The molecule has 7 heavy (non-hydrogen) atoms. The Hall–Kier alpha value is 2.14. The van der Waals surface area contributed by atoms with E-state index < -0.39 is 13.6 Å². The summed E-state index contributed by atoms with van der Waals surface area (Å²) in [5, 5.41) is 0. The molecule has 2 N–H and O–H groups in total. The fourth-order valence-electron chi connectivity index (χ4n) is 0. The first-order chi connectivity index (χ1) is 2.00. The van der Waals surface area contributed by atoms with Crippen LogP contribution < -0.4 is 0 Å². The summed E-state index contributed by atoms with van der Waals surface area (Å²) in [4.78, 5) is 0. The minimum absolute atomic E-state index is 0. The fourth-order valence-corrected chi connectivity index (χ4v) is 0. The van der Waals surface area contributed by atoms with Crippen LogP contribution in [-0.2, 0) is 21.2 Å². The van der Waals surface area contributed by atoms with Gasteiger partial charge in [0.05, 0.1) is 0 Å². The standard InChI is InChI=1S/Cr.Gd.Mg.2H2O.2O.2H/h;;;2*1H2;;;;/q+2;;+2;;;;;2*-1/p-2. The molecule has 0 fully saturated rings. The number of hydrogen-bond donors (Lipinski definition) is 2. The van der Waals surface area contributed by atoms with Gasteiger partial charge in [0.2, 0.25) is 0 Å². The minimum atomic E-state index is -5.25. The Morgan fingerprint density at radius 2 is 1.29 bits per heavy atom.